The fourth-order valence-electron chi connectivity index (χ4n) is 3.70. The van der Waals surface area contributed by atoms with Gasteiger partial charge in [0.2, 0.25) is 5.91 Å². The van der Waals surface area contributed by atoms with Crippen LogP contribution in [0.2, 0.25) is 0 Å². The molecule has 138 valence electrons. The summed E-state index contributed by atoms with van der Waals surface area (Å²) in [5.41, 5.74) is 4.33. The minimum atomic E-state index is 0.0258. The van der Waals surface area contributed by atoms with Gasteiger partial charge in [-0.3, -0.25) is 4.79 Å². The molecule has 0 saturated carbocycles. The molecule has 1 atom stereocenters. The number of aromatic nitrogens is 2. The van der Waals surface area contributed by atoms with Gasteiger partial charge in [0, 0.05) is 12.6 Å². The Morgan fingerprint density at radius 1 is 1.19 bits per heavy atom. The van der Waals surface area contributed by atoms with E-state index < -0.39 is 0 Å². The minimum absolute atomic E-state index is 0.0258. The number of nitrogens with one attached hydrogen (secondary N) is 1. The second-order valence-corrected chi connectivity index (χ2v) is 7.48. The first-order valence-corrected chi connectivity index (χ1v) is 9.65. The summed E-state index contributed by atoms with van der Waals surface area (Å²) in [6.07, 6.45) is 5.54. The van der Waals surface area contributed by atoms with Gasteiger partial charge in [0.25, 0.3) is 0 Å². The Balaban J connectivity index is 1.50. The number of likely N-dealkylation sites (tertiary alicyclic amines) is 1. The average Bonchev–Trinajstić information content (AvgIpc) is 3.32. The average molecular weight is 359 g/mol. The first-order valence-electron chi connectivity index (χ1n) is 9.65. The summed E-state index contributed by atoms with van der Waals surface area (Å²) in [6.45, 7) is 5.14. The van der Waals surface area contributed by atoms with E-state index in [-0.39, 0.29) is 11.9 Å². The second kappa shape index (κ2) is 7.39. The molecule has 1 fully saturated rings. The van der Waals surface area contributed by atoms with Crippen LogP contribution in [0.25, 0.3) is 17.1 Å². The van der Waals surface area contributed by atoms with E-state index >= 15 is 0 Å². The topological polar surface area (TPSA) is 49.0 Å². The maximum Gasteiger partial charge on any atom is 0.247 e. The lowest BCUT2D eigenvalue weighted by Crippen LogP contribution is -2.29. The van der Waals surface area contributed by atoms with E-state index in [0.29, 0.717) is 5.92 Å². The molecule has 4 rings (SSSR count). The molecule has 1 aliphatic heterocycles. The molecule has 0 aliphatic carbocycles. The Kier molecular flexibility index (Phi) is 4.80. The van der Waals surface area contributed by atoms with Gasteiger partial charge in [0.15, 0.2) is 0 Å². The van der Waals surface area contributed by atoms with E-state index in [9.17, 15) is 4.79 Å². The predicted octanol–water partition coefficient (Wildman–Crippen LogP) is 5.06. The van der Waals surface area contributed by atoms with Crippen LogP contribution in [0.4, 0.5) is 0 Å². The number of imidazole rings is 1. The maximum atomic E-state index is 12.8. The monoisotopic (exact) mass is 359 g/mol. The van der Waals surface area contributed by atoms with Crippen LogP contribution >= 0.6 is 0 Å². The number of carbonyl (C=O) groups is 1. The molecular weight excluding hydrogens is 334 g/mol. The van der Waals surface area contributed by atoms with Crippen LogP contribution in [-0.2, 0) is 4.79 Å². The van der Waals surface area contributed by atoms with E-state index in [1.54, 1.807) is 6.08 Å². The molecular formula is C23H25N3O. The largest absolute Gasteiger partial charge is 0.340 e. The highest BCUT2D eigenvalue weighted by Gasteiger charge is 2.31. The molecule has 1 unspecified atom stereocenters. The molecule has 1 amide bonds. The number of H-pyrrole nitrogens is 1. The van der Waals surface area contributed by atoms with Crippen molar-refractivity contribution in [1.82, 2.24) is 14.9 Å². The fraction of sp³-hybridized carbons (Fsp3) is 0.304. The quantitative estimate of drug-likeness (QED) is 0.662. The van der Waals surface area contributed by atoms with Crippen LogP contribution in [0, 0.1) is 0 Å². The van der Waals surface area contributed by atoms with Gasteiger partial charge in [-0.2, -0.15) is 0 Å². The van der Waals surface area contributed by atoms with Crippen LogP contribution in [0.3, 0.4) is 0 Å². The number of rotatable bonds is 4. The molecule has 2 heterocycles. The van der Waals surface area contributed by atoms with Gasteiger partial charge in [0.1, 0.15) is 5.82 Å². The first-order chi connectivity index (χ1) is 13.1. The van der Waals surface area contributed by atoms with Crippen LogP contribution < -0.4 is 0 Å². The lowest BCUT2D eigenvalue weighted by Gasteiger charge is -2.21. The van der Waals surface area contributed by atoms with Crippen LogP contribution in [-0.4, -0.2) is 27.3 Å². The summed E-state index contributed by atoms with van der Waals surface area (Å²) in [4.78, 5) is 22.8. The van der Waals surface area contributed by atoms with Gasteiger partial charge in [-0.15, -0.1) is 0 Å². The molecule has 1 aliphatic rings. The normalized spacial score (nSPS) is 17.4. The molecule has 2 aromatic carbocycles. The van der Waals surface area contributed by atoms with Crippen molar-refractivity contribution >= 4 is 23.0 Å². The summed E-state index contributed by atoms with van der Waals surface area (Å²) in [6, 6.07) is 16.4. The lowest BCUT2D eigenvalue weighted by molar-refractivity contribution is -0.126. The highest BCUT2D eigenvalue weighted by atomic mass is 16.2. The van der Waals surface area contributed by atoms with Crippen molar-refractivity contribution in [3.63, 3.8) is 0 Å². The SMILES string of the molecule is CC(C)c1ccc(/C=C/C(=O)N2CCCC2c2nc3ccccc3[nH]2)cc1. The zero-order valence-corrected chi connectivity index (χ0v) is 15.9. The summed E-state index contributed by atoms with van der Waals surface area (Å²) >= 11 is 0. The molecule has 0 bridgehead atoms. The van der Waals surface area contributed by atoms with Gasteiger partial charge >= 0.3 is 0 Å². The van der Waals surface area contributed by atoms with Gasteiger partial charge in [-0.05, 0) is 48.1 Å². The third-order valence-corrected chi connectivity index (χ3v) is 5.28. The van der Waals surface area contributed by atoms with E-state index in [1.807, 2.05) is 35.2 Å². The van der Waals surface area contributed by atoms with Crippen molar-refractivity contribution in [1.29, 1.82) is 0 Å². The van der Waals surface area contributed by atoms with Gasteiger partial charge < -0.3 is 9.88 Å². The Bertz CT molecular complexity index is 936. The minimum Gasteiger partial charge on any atom is -0.340 e. The fourth-order valence-corrected chi connectivity index (χ4v) is 3.70. The highest BCUT2D eigenvalue weighted by molar-refractivity contribution is 5.92. The third kappa shape index (κ3) is 3.65. The molecule has 27 heavy (non-hydrogen) atoms. The number of fused-ring (bicyclic) bond motifs is 1. The lowest BCUT2D eigenvalue weighted by atomic mass is 10.0. The zero-order chi connectivity index (χ0) is 18.8. The molecule has 1 N–H and O–H groups in total. The van der Waals surface area contributed by atoms with E-state index in [2.05, 4.69) is 43.1 Å². The summed E-state index contributed by atoms with van der Waals surface area (Å²) in [7, 11) is 0. The number of carbonyl (C=O) groups excluding carboxylic acids is 1. The Morgan fingerprint density at radius 2 is 1.96 bits per heavy atom. The number of para-hydroxylation sites is 2. The van der Waals surface area contributed by atoms with Crippen molar-refractivity contribution < 1.29 is 4.79 Å². The number of amides is 1. The third-order valence-electron chi connectivity index (χ3n) is 5.28. The van der Waals surface area contributed by atoms with E-state index in [1.165, 1.54) is 5.56 Å². The maximum absolute atomic E-state index is 12.8. The molecule has 0 spiro atoms. The first kappa shape index (κ1) is 17.5. The molecule has 1 aromatic heterocycles. The van der Waals surface area contributed by atoms with E-state index in [0.717, 1.165) is 41.8 Å². The highest BCUT2D eigenvalue weighted by Crippen LogP contribution is 2.31. The van der Waals surface area contributed by atoms with Crippen molar-refractivity contribution in [2.45, 2.75) is 38.6 Å². The Labute approximate surface area is 159 Å². The molecule has 1 saturated heterocycles. The smallest absolute Gasteiger partial charge is 0.247 e. The number of benzene rings is 2. The standard InChI is InChI=1S/C23H25N3O/c1-16(2)18-12-9-17(10-13-18)11-14-22(27)26-15-5-8-21(26)23-24-19-6-3-4-7-20(19)25-23/h3-4,6-7,9-14,16,21H,5,8,15H2,1-2H3,(H,24,25)/b14-11+. The van der Waals surface area contributed by atoms with Gasteiger partial charge in [-0.1, -0.05) is 50.2 Å². The zero-order valence-electron chi connectivity index (χ0n) is 15.9. The molecule has 4 nitrogen and oxygen atoms in total. The number of hydrogen-bond donors (Lipinski definition) is 1. The van der Waals surface area contributed by atoms with Gasteiger partial charge in [0.05, 0.1) is 17.1 Å². The molecule has 3 aromatic rings. The number of nitrogens with zero attached hydrogens (tertiary/aromatic N) is 2. The number of hydrogen-bond acceptors (Lipinski definition) is 2. The summed E-state index contributed by atoms with van der Waals surface area (Å²) in [5, 5.41) is 0. The Morgan fingerprint density at radius 3 is 2.70 bits per heavy atom. The second-order valence-electron chi connectivity index (χ2n) is 7.48. The van der Waals surface area contributed by atoms with Crippen molar-refractivity contribution in [2.24, 2.45) is 0 Å². The van der Waals surface area contributed by atoms with E-state index in [4.69, 9.17) is 4.98 Å². The van der Waals surface area contributed by atoms with Crippen LogP contribution in [0.5, 0.6) is 0 Å². The van der Waals surface area contributed by atoms with Crippen LogP contribution in [0.1, 0.15) is 55.6 Å². The van der Waals surface area contributed by atoms with Crippen molar-refractivity contribution in [2.75, 3.05) is 6.54 Å². The molecule has 0 radical (unpaired) electrons. The van der Waals surface area contributed by atoms with Crippen LogP contribution in [0.15, 0.2) is 54.6 Å². The van der Waals surface area contributed by atoms with Crippen molar-refractivity contribution in [3.8, 4) is 0 Å². The summed E-state index contributed by atoms with van der Waals surface area (Å²) in [5.74, 6) is 1.45. The van der Waals surface area contributed by atoms with Gasteiger partial charge in [-0.25, -0.2) is 4.98 Å². The van der Waals surface area contributed by atoms with Crippen molar-refractivity contribution in [3.05, 3.63) is 71.6 Å². The predicted molar refractivity (Wildman–Crippen MR) is 109 cm³/mol. The number of aromatic amines is 1. The summed E-state index contributed by atoms with van der Waals surface area (Å²) < 4.78 is 0. The Hall–Kier alpha value is -2.88. The molecule has 4 heteroatoms.